The smallest absolute Gasteiger partial charge is 0.462 e. The van der Waals surface area contributed by atoms with E-state index in [0.29, 0.717) is 12.1 Å². The average Bonchev–Trinajstić information content (AvgIpc) is 2.16. The zero-order chi connectivity index (χ0) is 12.3. The maximum atomic E-state index is 13.3. The zero-order valence-electron chi connectivity index (χ0n) is 8.41. The Balaban J connectivity index is 3.17. The fraction of sp³-hybridized carbons (Fsp3) is 0.222. The van der Waals surface area contributed by atoms with E-state index in [4.69, 9.17) is 10.0 Å². The van der Waals surface area contributed by atoms with Gasteiger partial charge in [-0.2, -0.15) is 0 Å². The predicted molar refractivity (Wildman–Crippen MR) is 52.1 cm³/mol. The maximum absolute atomic E-state index is 13.3. The third-order valence-corrected chi connectivity index (χ3v) is 1.84. The lowest BCUT2D eigenvalue weighted by atomic mass is 9.80. The highest BCUT2D eigenvalue weighted by atomic mass is 19.1. The highest BCUT2D eigenvalue weighted by Crippen LogP contribution is 2.12. The number of rotatable bonds is 3. The summed E-state index contributed by atoms with van der Waals surface area (Å²) in [7, 11) is -2.00. The Morgan fingerprint density at radius 3 is 2.25 bits per heavy atom. The third-order valence-electron chi connectivity index (χ3n) is 1.84. The molecule has 2 N–H and O–H groups in total. The molecule has 86 valence electrons. The van der Waals surface area contributed by atoms with E-state index in [1.807, 2.05) is 0 Å². The summed E-state index contributed by atoms with van der Waals surface area (Å²) in [5, 5.41) is 17.4. The highest BCUT2D eigenvalue weighted by Gasteiger charge is 2.23. The van der Waals surface area contributed by atoms with Crippen LogP contribution in [0.2, 0.25) is 0 Å². The number of esters is 1. The SMILES string of the molecule is CCOC(=O)c1c(F)cc(B(O)O)cc1F. The zero-order valence-corrected chi connectivity index (χ0v) is 8.41. The Morgan fingerprint density at radius 1 is 1.38 bits per heavy atom. The first kappa shape index (κ1) is 12.6. The molecule has 0 bridgehead atoms. The summed E-state index contributed by atoms with van der Waals surface area (Å²) in [6, 6.07) is 1.33. The molecule has 0 unspecified atom stereocenters. The van der Waals surface area contributed by atoms with Gasteiger partial charge in [-0.05, 0) is 24.5 Å². The fourth-order valence-corrected chi connectivity index (χ4v) is 1.14. The number of carbonyl (C=O) groups is 1. The summed E-state index contributed by atoms with van der Waals surface area (Å²) in [5.74, 6) is -3.51. The third kappa shape index (κ3) is 2.56. The Kier molecular flexibility index (Phi) is 3.97. The predicted octanol–water partition coefficient (Wildman–Crippen LogP) is -0.179. The van der Waals surface area contributed by atoms with Crippen molar-refractivity contribution in [1.82, 2.24) is 0 Å². The van der Waals surface area contributed by atoms with Crippen molar-refractivity contribution >= 4 is 18.6 Å². The molecule has 0 aliphatic rings. The quantitative estimate of drug-likeness (QED) is 0.558. The van der Waals surface area contributed by atoms with Crippen LogP contribution in [0.5, 0.6) is 0 Å². The van der Waals surface area contributed by atoms with Gasteiger partial charge in [0.1, 0.15) is 17.2 Å². The van der Waals surface area contributed by atoms with Gasteiger partial charge in [0.2, 0.25) is 0 Å². The van der Waals surface area contributed by atoms with Gasteiger partial charge in [-0.25, -0.2) is 13.6 Å². The van der Waals surface area contributed by atoms with Gasteiger partial charge in [-0.15, -0.1) is 0 Å². The Hall–Kier alpha value is -1.47. The highest BCUT2D eigenvalue weighted by molar-refractivity contribution is 6.58. The summed E-state index contributed by atoms with van der Waals surface area (Å²) < 4.78 is 31.0. The minimum Gasteiger partial charge on any atom is -0.462 e. The van der Waals surface area contributed by atoms with Gasteiger partial charge in [0, 0.05) is 0 Å². The summed E-state index contributed by atoms with van der Waals surface area (Å²) >= 11 is 0. The Bertz CT molecular complexity index is 385. The van der Waals surface area contributed by atoms with E-state index >= 15 is 0 Å². The minimum absolute atomic E-state index is 0.0118. The van der Waals surface area contributed by atoms with Crippen LogP contribution in [0, 0.1) is 11.6 Å². The Morgan fingerprint density at radius 2 is 1.88 bits per heavy atom. The summed E-state index contributed by atoms with van der Waals surface area (Å²) in [5.41, 5.74) is -1.21. The molecule has 4 nitrogen and oxygen atoms in total. The summed E-state index contributed by atoms with van der Waals surface area (Å²) in [6.07, 6.45) is 0. The molecule has 1 aromatic rings. The van der Waals surface area contributed by atoms with Crippen molar-refractivity contribution in [1.29, 1.82) is 0 Å². The van der Waals surface area contributed by atoms with Gasteiger partial charge in [0.15, 0.2) is 0 Å². The minimum atomic E-state index is -2.00. The molecule has 0 saturated carbocycles. The lowest BCUT2D eigenvalue weighted by Crippen LogP contribution is -2.31. The number of carbonyl (C=O) groups excluding carboxylic acids is 1. The van der Waals surface area contributed by atoms with Gasteiger partial charge < -0.3 is 14.8 Å². The molecule has 0 fully saturated rings. The molecule has 0 heterocycles. The van der Waals surface area contributed by atoms with E-state index < -0.39 is 30.3 Å². The molecule has 0 aliphatic heterocycles. The summed E-state index contributed by atoms with van der Waals surface area (Å²) in [6.45, 7) is 1.49. The van der Waals surface area contributed by atoms with Crippen LogP contribution in [0.1, 0.15) is 17.3 Å². The van der Waals surface area contributed by atoms with Gasteiger partial charge in [-0.3, -0.25) is 0 Å². The van der Waals surface area contributed by atoms with Gasteiger partial charge in [0.25, 0.3) is 0 Å². The second-order valence-corrected chi connectivity index (χ2v) is 2.95. The molecular weight excluding hydrogens is 221 g/mol. The van der Waals surface area contributed by atoms with Crippen LogP contribution < -0.4 is 5.46 Å². The molecule has 0 atom stereocenters. The van der Waals surface area contributed by atoms with E-state index in [1.165, 1.54) is 6.92 Å². The monoisotopic (exact) mass is 230 g/mol. The molecular formula is C9H9BF2O4. The van der Waals surface area contributed by atoms with E-state index in [2.05, 4.69) is 4.74 Å². The average molecular weight is 230 g/mol. The van der Waals surface area contributed by atoms with E-state index in [1.54, 1.807) is 0 Å². The molecule has 0 amide bonds. The van der Waals surface area contributed by atoms with Gasteiger partial charge >= 0.3 is 13.1 Å². The van der Waals surface area contributed by atoms with Crippen LogP contribution in [0.15, 0.2) is 12.1 Å². The fourth-order valence-electron chi connectivity index (χ4n) is 1.14. The maximum Gasteiger partial charge on any atom is 0.488 e. The molecule has 1 aromatic carbocycles. The second kappa shape index (κ2) is 5.04. The number of hydrogen-bond acceptors (Lipinski definition) is 4. The molecule has 0 aliphatic carbocycles. The topological polar surface area (TPSA) is 66.8 Å². The van der Waals surface area contributed by atoms with Crippen molar-refractivity contribution in [2.75, 3.05) is 6.61 Å². The van der Waals surface area contributed by atoms with Crippen LogP contribution in [-0.4, -0.2) is 29.7 Å². The first-order valence-electron chi connectivity index (χ1n) is 4.49. The first-order chi connectivity index (χ1) is 7.47. The number of ether oxygens (including phenoxy) is 1. The number of halogens is 2. The van der Waals surface area contributed by atoms with Crippen LogP contribution in [0.4, 0.5) is 8.78 Å². The van der Waals surface area contributed by atoms with Crippen molar-refractivity contribution in [3.05, 3.63) is 29.3 Å². The van der Waals surface area contributed by atoms with Crippen LogP contribution in [-0.2, 0) is 4.74 Å². The molecule has 16 heavy (non-hydrogen) atoms. The number of hydrogen-bond donors (Lipinski definition) is 2. The lowest BCUT2D eigenvalue weighted by Gasteiger charge is -2.06. The Labute approximate surface area is 90.6 Å². The molecule has 7 heteroatoms. The van der Waals surface area contributed by atoms with Crippen molar-refractivity contribution in [3.8, 4) is 0 Å². The van der Waals surface area contributed by atoms with E-state index in [-0.39, 0.29) is 12.1 Å². The first-order valence-corrected chi connectivity index (χ1v) is 4.49. The van der Waals surface area contributed by atoms with E-state index in [0.717, 1.165) is 0 Å². The number of benzene rings is 1. The van der Waals surface area contributed by atoms with Crippen molar-refractivity contribution < 1.29 is 28.4 Å². The normalized spacial score (nSPS) is 10.1. The standard InChI is InChI=1S/C9H9BF2O4/c1-2-16-9(13)8-6(11)3-5(10(14)15)4-7(8)12/h3-4,14-15H,2H2,1H3. The molecule has 0 spiro atoms. The van der Waals surface area contributed by atoms with Crippen molar-refractivity contribution in [2.24, 2.45) is 0 Å². The van der Waals surface area contributed by atoms with Crippen LogP contribution >= 0.6 is 0 Å². The van der Waals surface area contributed by atoms with E-state index in [9.17, 15) is 13.6 Å². The summed E-state index contributed by atoms with van der Waals surface area (Å²) in [4.78, 5) is 11.1. The second-order valence-electron chi connectivity index (χ2n) is 2.95. The molecule has 0 radical (unpaired) electrons. The van der Waals surface area contributed by atoms with Crippen molar-refractivity contribution in [3.63, 3.8) is 0 Å². The van der Waals surface area contributed by atoms with Gasteiger partial charge in [0.05, 0.1) is 6.61 Å². The molecule has 0 aromatic heterocycles. The molecule has 0 saturated heterocycles. The largest absolute Gasteiger partial charge is 0.488 e. The van der Waals surface area contributed by atoms with Crippen molar-refractivity contribution in [2.45, 2.75) is 6.92 Å². The van der Waals surface area contributed by atoms with Crippen LogP contribution in [0.3, 0.4) is 0 Å². The lowest BCUT2D eigenvalue weighted by molar-refractivity contribution is 0.0515. The molecule has 1 rings (SSSR count). The van der Waals surface area contributed by atoms with Crippen LogP contribution in [0.25, 0.3) is 0 Å². The van der Waals surface area contributed by atoms with Gasteiger partial charge in [-0.1, -0.05) is 0 Å².